The molecule has 0 aliphatic heterocycles. The average molecular weight is 315 g/mol. The average Bonchev–Trinajstić information content (AvgIpc) is 3.01. The Morgan fingerprint density at radius 1 is 0.875 bits per heavy atom. The third-order valence-electron chi connectivity index (χ3n) is 4.01. The van der Waals surface area contributed by atoms with Crippen LogP contribution in [0.1, 0.15) is 11.5 Å². The molecule has 3 nitrogen and oxygen atoms in total. The predicted molar refractivity (Wildman–Crippen MR) is 95.0 cm³/mol. The smallest absolute Gasteiger partial charge is 0.226 e. The third-order valence-corrected chi connectivity index (χ3v) is 4.01. The molecule has 0 bridgehead atoms. The van der Waals surface area contributed by atoms with Crippen molar-refractivity contribution in [3.05, 3.63) is 84.3 Å². The predicted octanol–water partition coefficient (Wildman–Crippen LogP) is 5.38. The Morgan fingerprint density at radius 2 is 1.62 bits per heavy atom. The number of hydrogen-bond acceptors (Lipinski definition) is 3. The highest BCUT2D eigenvalue weighted by Crippen LogP contribution is 2.26. The van der Waals surface area contributed by atoms with Crippen LogP contribution in [0.5, 0.6) is 5.75 Å². The summed E-state index contributed by atoms with van der Waals surface area (Å²) in [6, 6.07) is 24.2. The summed E-state index contributed by atoms with van der Waals surface area (Å²) in [4.78, 5) is 4.61. The van der Waals surface area contributed by atoms with E-state index in [1.54, 1.807) is 0 Å². The Balaban J connectivity index is 1.60. The van der Waals surface area contributed by atoms with Crippen LogP contribution in [0.2, 0.25) is 0 Å². The Hall–Kier alpha value is -3.07. The first-order chi connectivity index (χ1) is 11.8. The first-order valence-corrected chi connectivity index (χ1v) is 7.93. The van der Waals surface area contributed by atoms with Crippen molar-refractivity contribution < 1.29 is 9.15 Å². The number of fused-ring (bicyclic) bond motifs is 1. The fourth-order valence-corrected chi connectivity index (χ4v) is 2.68. The van der Waals surface area contributed by atoms with Gasteiger partial charge in [0.15, 0.2) is 0 Å². The summed E-state index contributed by atoms with van der Waals surface area (Å²) in [5, 5.41) is 2.38. The van der Waals surface area contributed by atoms with Crippen LogP contribution in [0.15, 0.2) is 77.2 Å². The van der Waals surface area contributed by atoms with E-state index in [0.717, 1.165) is 22.8 Å². The molecular formula is C21H17NO2. The lowest BCUT2D eigenvalue weighted by atomic mass is 10.1. The lowest BCUT2D eigenvalue weighted by Gasteiger charge is -2.03. The zero-order valence-electron chi connectivity index (χ0n) is 13.4. The van der Waals surface area contributed by atoms with Crippen LogP contribution in [0.3, 0.4) is 0 Å². The van der Waals surface area contributed by atoms with E-state index in [2.05, 4.69) is 29.2 Å². The second-order valence-corrected chi connectivity index (χ2v) is 5.69. The maximum Gasteiger partial charge on any atom is 0.226 e. The lowest BCUT2D eigenvalue weighted by Crippen LogP contribution is -1.97. The van der Waals surface area contributed by atoms with Gasteiger partial charge in [-0.15, -0.1) is 0 Å². The fourth-order valence-electron chi connectivity index (χ4n) is 2.68. The van der Waals surface area contributed by atoms with Crippen molar-refractivity contribution in [2.75, 3.05) is 0 Å². The van der Waals surface area contributed by atoms with E-state index in [4.69, 9.17) is 9.15 Å². The number of para-hydroxylation sites is 1. The minimum atomic E-state index is 0.396. The van der Waals surface area contributed by atoms with Crippen molar-refractivity contribution in [1.29, 1.82) is 0 Å². The molecule has 0 aliphatic carbocycles. The monoisotopic (exact) mass is 315 g/mol. The molecule has 0 saturated carbocycles. The SMILES string of the molecule is Cc1oc(-c2ccc3ccccc3c2)nc1COc1ccccc1. The minimum Gasteiger partial charge on any atom is -0.487 e. The first-order valence-electron chi connectivity index (χ1n) is 7.93. The van der Waals surface area contributed by atoms with Crippen molar-refractivity contribution in [2.24, 2.45) is 0 Å². The molecule has 0 fully saturated rings. The zero-order chi connectivity index (χ0) is 16.4. The van der Waals surface area contributed by atoms with Crippen molar-refractivity contribution in [3.8, 4) is 17.2 Å². The molecule has 3 aromatic carbocycles. The van der Waals surface area contributed by atoms with Gasteiger partial charge in [-0.1, -0.05) is 48.5 Å². The Kier molecular flexibility index (Phi) is 3.75. The summed E-state index contributed by atoms with van der Waals surface area (Å²) in [7, 11) is 0. The molecular weight excluding hydrogens is 298 g/mol. The Bertz CT molecular complexity index is 973. The maximum absolute atomic E-state index is 5.85. The van der Waals surface area contributed by atoms with Crippen molar-refractivity contribution in [1.82, 2.24) is 4.98 Å². The zero-order valence-corrected chi connectivity index (χ0v) is 13.4. The second-order valence-electron chi connectivity index (χ2n) is 5.69. The molecule has 1 heterocycles. The summed E-state index contributed by atoms with van der Waals surface area (Å²) < 4.78 is 11.6. The molecule has 0 aliphatic rings. The number of benzene rings is 3. The highest BCUT2D eigenvalue weighted by Gasteiger charge is 2.12. The quantitative estimate of drug-likeness (QED) is 0.507. The summed E-state index contributed by atoms with van der Waals surface area (Å²) in [6.45, 7) is 2.31. The molecule has 4 aromatic rings. The highest BCUT2D eigenvalue weighted by atomic mass is 16.5. The number of nitrogens with zero attached hydrogens (tertiary/aromatic N) is 1. The number of aryl methyl sites for hydroxylation is 1. The number of oxazole rings is 1. The van der Waals surface area contributed by atoms with Gasteiger partial charge >= 0.3 is 0 Å². The molecule has 24 heavy (non-hydrogen) atoms. The molecule has 0 N–H and O–H groups in total. The van der Waals surface area contributed by atoms with Gasteiger partial charge in [0.1, 0.15) is 23.8 Å². The van der Waals surface area contributed by atoms with Crippen molar-refractivity contribution >= 4 is 10.8 Å². The van der Waals surface area contributed by atoms with Crippen LogP contribution in [-0.4, -0.2) is 4.98 Å². The van der Waals surface area contributed by atoms with Gasteiger partial charge in [-0.3, -0.25) is 0 Å². The topological polar surface area (TPSA) is 35.3 Å². The van der Waals surface area contributed by atoms with Gasteiger partial charge < -0.3 is 9.15 Å². The number of aromatic nitrogens is 1. The van der Waals surface area contributed by atoms with Crippen LogP contribution >= 0.6 is 0 Å². The van der Waals surface area contributed by atoms with E-state index in [0.29, 0.717) is 12.5 Å². The minimum absolute atomic E-state index is 0.396. The van der Waals surface area contributed by atoms with E-state index in [9.17, 15) is 0 Å². The molecule has 0 spiro atoms. The molecule has 118 valence electrons. The van der Waals surface area contributed by atoms with Gasteiger partial charge in [0.2, 0.25) is 5.89 Å². The van der Waals surface area contributed by atoms with Crippen LogP contribution in [0.4, 0.5) is 0 Å². The van der Waals surface area contributed by atoms with E-state index >= 15 is 0 Å². The first kappa shape index (κ1) is 14.5. The lowest BCUT2D eigenvalue weighted by molar-refractivity contribution is 0.299. The largest absolute Gasteiger partial charge is 0.487 e. The van der Waals surface area contributed by atoms with Gasteiger partial charge in [0.25, 0.3) is 0 Å². The number of hydrogen-bond donors (Lipinski definition) is 0. The molecule has 0 saturated heterocycles. The second kappa shape index (κ2) is 6.20. The van der Waals surface area contributed by atoms with Gasteiger partial charge in [-0.05, 0) is 42.0 Å². The van der Waals surface area contributed by atoms with Gasteiger partial charge in [-0.2, -0.15) is 0 Å². The molecule has 0 unspecified atom stereocenters. The molecule has 0 atom stereocenters. The van der Waals surface area contributed by atoms with Crippen molar-refractivity contribution in [2.45, 2.75) is 13.5 Å². The highest BCUT2D eigenvalue weighted by molar-refractivity contribution is 5.86. The van der Waals surface area contributed by atoms with Gasteiger partial charge in [-0.25, -0.2) is 4.98 Å². The Labute approximate surface area is 140 Å². The van der Waals surface area contributed by atoms with Crippen LogP contribution in [0, 0.1) is 6.92 Å². The van der Waals surface area contributed by atoms with E-state index in [1.807, 2.05) is 55.5 Å². The molecule has 4 rings (SSSR count). The summed E-state index contributed by atoms with van der Waals surface area (Å²) in [6.07, 6.45) is 0. The molecule has 1 aromatic heterocycles. The van der Waals surface area contributed by atoms with Gasteiger partial charge in [0, 0.05) is 5.56 Å². The van der Waals surface area contributed by atoms with Crippen LogP contribution in [-0.2, 0) is 6.61 Å². The fraction of sp³-hybridized carbons (Fsp3) is 0.0952. The Morgan fingerprint density at radius 3 is 2.46 bits per heavy atom. The number of ether oxygens (including phenoxy) is 1. The van der Waals surface area contributed by atoms with Crippen LogP contribution < -0.4 is 4.74 Å². The molecule has 0 amide bonds. The van der Waals surface area contributed by atoms with Crippen LogP contribution in [0.25, 0.3) is 22.2 Å². The third kappa shape index (κ3) is 2.88. The molecule has 0 radical (unpaired) electrons. The number of rotatable bonds is 4. The van der Waals surface area contributed by atoms with E-state index in [1.165, 1.54) is 10.8 Å². The summed E-state index contributed by atoms with van der Waals surface area (Å²) in [5.41, 5.74) is 1.80. The maximum atomic E-state index is 5.85. The van der Waals surface area contributed by atoms with E-state index in [-0.39, 0.29) is 0 Å². The van der Waals surface area contributed by atoms with Crippen molar-refractivity contribution in [3.63, 3.8) is 0 Å². The normalized spacial score (nSPS) is 10.9. The van der Waals surface area contributed by atoms with E-state index < -0.39 is 0 Å². The molecule has 3 heteroatoms. The summed E-state index contributed by atoms with van der Waals surface area (Å²) >= 11 is 0. The standard InChI is InChI=1S/C21H17NO2/c1-15-20(14-23-19-9-3-2-4-10-19)22-21(24-15)18-12-11-16-7-5-6-8-17(16)13-18/h2-13H,14H2,1H3. The van der Waals surface area contributed by atoms with Gasteiger partial charge in [0.05, 0.1) is 0 Å². The summed E-state index contributed by atoms with van der Waals surface area (Å²) in [5.74, 6) is 2.24.